The number of carbonyl (C=O) groups excluding carboxylic acids is 1. The zero-order chi connectivity index (χ0) is 22.1. The van der Waals surface area contributed by atoms with Gasteiger partial charge in [0, 0.05) is 15.8 Å². The minimum Gasteiger partial charge on any atom is -0.488 e. The van der Waals surface area contributed by atoms with E-state index in [-0.39, 0.29) is 5.91 Å². The van der Waals surface area contributed by atoms with E-state index in [1.807, 2.05) is 73.0 Å². The van der Waals surface area contributed by atoms with E-state index in [2.05, 4.69) is 10.4 Å². The van der Waals surface area contributed by atoms with Crippen LogP contribution in [0.4, 0.5) is 0 Å². The van der Waals surface area contributed by atoms with Crippen molar-refractivity contribution in [3.8, 4) is 5.75 Å². The second kappa shape index (κ2) is 8.68. The minimum atomic E-state index is -0.599. The summed E-state index contributed by atoms with van der Waals surface area (Å²) in [6.45, 7) is 0.398. The number of amides is 1. The van der Waals surface area contributed by atoms with Gasteiger partial charge in [0.05, 0.1) is 5.36 Å². The summed E-state index contributed by atoms with van der Waals surface area (Å²) in [6, 6.07) is 22.9. The first-order chi connectivity index (χ1) is 15.6. The number of carbonyl (C=O) groups is 1. The summed E-state index contributed by atoms with van der Waals surface area (Å²) in [5.41, 5.74) is 2.23. The Morgan fingerprint density at radius 3 is 2.69 bits per heavy atom. The normalized spacial score (nSPS) is 17.0. The Bertz CT molecular complexity index is 1340. The van der Waals surface area contributed by atoms with E-state index in [0.717, 1.165) is 21.7 Å². The van der Waals surface area contributed by atoms with Crippen LogP contribution in [0.5, 0.6) is 5.75 Å². The van der Waals surface area contributed by atoms with Crippen LogP contribution in [0.2, 0.25) is 5.02 Å². The number of rotatable bonds is 4. The predicted octanol–water partition coefficient (Wildman–Crippen LogP) is 3.43. The van der Waals surface area contributed by atoms with Crippen LogP contribution >= 0.6 is 23.4 Å². The number of nitrogens with one attached hydrogen (secondary N) is 1. The van der Waals surface area contributed by atoms with Crippen molar-refractivity contribution in [1.82, 2.24) is 10.3 Å². The van der Waals surface area contributed by atoms with Crippen LogP contribution in [0.25, 0.3) is 5.70 Å². The molecule has 2 aliphatic heterocycles. The standard InChI is InChI=1S/C24H19ClN4O2S/c1-32-24-27-23(30)21-17-9-5-6-10-19(17)26-22(29(21)28-24)18-13-16(25)11-12-20(18)31-14-15-7-3-2-4-8-15/h2-13,22H,14H2,1H3,(H,27,28,30)/t22-/m0/s1. The average molecular weight is 463 g/mol. The first kappa shape index (κ1) is 20.6. The number of thioether (sulfide) groups is 1. The molecule has 1 atom stereocenters. The highest BCUT2D eigenvalue weighted by atomic mass is 35.5. The molecule has 6 nitrogen and oxygen atoms in total. The second-order valence-corrected chi connectivity index (χ2v) is 8.46. The van der Waals surface area contributed by atoms with E-state index in [0.29, 0.717) is 28.2 Å². The van der Waals surface area contributed by atoms with Gasteiger partial charge in [0.1, 0.15) is 18.1 Å². The maximum atomic E-state index is 13.0. The number of fused-ring (bicyclic) bond motifs is 2. The molecule has 0 bridgehead atoms. The van der Waals surface area contributed by atoms with Crippen molar-refractivity contribution < 1.29 is 9.53 Å². The summed E-state index contributed by atoms with van der Waals surface area (Å²) in [5, 5.41) is 11.7. The zero-order valence-electron chi connectivity index (χ0n) is 17.2. The summed E-state index contributed by atoms with van der Waals surface area (Å²) in [4.78, 5) is 17.9. The van der Waals surface area contributed by atoms with E-state index in [9.17, 15) is 4.79 Å². The molecule has 3 aromatic rings. The van der Waals surface area contributed by atoms with Gasteiger partial charge in [0.2, 0.25) is 0 Å². The van der Waals surface area contributed by atoms with Gasteiger partial charge < -0.3 is 4.74 Å². The van der Waals surface area contributed by atoms with Gasteiger partial charge in [-0.3, -0.25) is 15.1 Å². The van der Waals surface area contributed by atoms with E-state index in [1.54, 1.807) is 11.1 Å². The van der Waals surface area contributed by atoms with Crippen molar-refractivity contribution >= 4 is 40.1 Å². The van der Waals surface area contributed by atoms with Gasteiger partial charge in [0.15, 0.2) is 11.3 Å². The van der Waals surface area contributed by atoms with Gasteiger partial charge in [-0.25, -0.2) is 5.01 Å². The molecule has 160 valence electrons. The Morgan fingerprint density at radius 2 is 1.88 bits per heavy atom. The summed E-state index contributed by atoms with van der Waals surface area (Å²) < 4.78 is 6.17. The molecule has 0 aromatic heterocycles. The van der Waals surface area contributed by atoms with Gasteiger partial charge in [-0.2, -0.15) is 0 Å². The number of halogens is 1. The SMILES string of the molecule is CSC1=NN2C(=c3ccccc3=N[C@@H]2c2cc(Cl)ccc2OCc2ccccc2)C(=O)N1. The van der Waals surface area contributed by atoms with Crippen LogP contribution in [-0.4, -0.2) is 22.3 Å². The molecule has 2 aliphatic rings. The molecule has 3 aromatic carbocycles. The largest absolute Gasteiger partial charge is 0.488 e. The highest BCUT2D eigenvalue weighted by Gasteiger charge is 2.35. The Balaban J connectivity index is 1.63. The number of hydrazone groups is 1. The number of amidine groups is 1. The lowest BCUT2D eigenvalue weighted by Crippen LogP contribution is -2.50. The fourth-order valence-corrected chi connectivity index (χ4v) is 4.25. The fraction of sp³-hybridized carbons (Fsp3) is 0.125. The Labute approximate surface area is 194 Å². The number of hydrogen-bond acceptors (Lipinski definition) is 6. The number of ether oxygens (including phenoxy) is 1. The van der Waals surface area contributed by atoms with Crippen molar-refractivity contribution in [1.29, 1.82) is 0 Å². The molecule has 0 saturated carbocycles. The molecule has 0 spiro atoms. The van der Waals surface area contributed by atoms with Crippen LogP contribution < -0.4 is 20.6 Å². The van der Waals surface area contributed by atoms with Gasteiger partial charge in [-0.15, -0.1) is 5.10 Å². The molecule has 0 fully saturated rings. The smallest absolute Gasteiger partial charge is 0.276 e. The quantitative estimate of drug-likeness (QED) is 0.645. The van der Waals surface area contributed by atoms with Crippen LogP contribution in [0.1, 0.15) is 17.3 Å². The number of hydrogen-bond donors (Lipinski definition) is 1. The topological polar surface area (TPSA) is 66.3 Å². The number of para-hydroxylation sites is 1. The van der Waals surface area contributed by atoms with Crippen LogP contribution in [0, 0.1) is 0 Å². The summed E-state index contributed by atoms with van der Waals surface area (Å²) in [5.74, 6) is 0.420. The molecular formula is C24H19ClN4O2S. The van der Waals surface area contributed by atoms with Gasteiger partial charge in [0.25, 0.3) is 5.91 Å². The third-order valence-corrected chi connectivity index (χ3v) is 6.00. The molecule has 8 heteroatoms. The third-order valence-electron chi connectivity index (χ3n) is 5.20. The lowest BCUT2D eigenvalue weighted by atomic mass is 10.1. The van der Waals surface area contributed by atoms with Crippen molar-refractivity contribution in [2.45, 2.75) is 12.8 Å². The monoisotopic (exact) mass is 462 g/mol. The highest BCUT2D eigenvalue weighted by Crippen LogP contribution is 2.37. The van der Waals surface area contributed by atoms with Crippen molar-refractivity contribution in [2.75, 3.05) is 6.26 Å². The first-order valence-corrected chi connectivity index (χ1v) is 11.6. The maximum absolute atomic E-state index is 13.0. The third kappa shape index (κ3) is 3.85. The zero-order valence-corrected chi connectivity index (χ0v) is 18.7. The Kier molecular flexibility index (Phi) is 5.59. The minimum absolute atomic E-state index is 0.217. The van der Waals surface area contributed by atoms with Crippen LogP contribution in [0.15, 0.2) is 82.9 Å². The second-order valence-electron chi connectivity index (χ2n) is 7.23. The molecule has 0 saturated heterocycles. The fourth-order valence-electron chi connectivity index (χ4n) is 3.71. The molecule has 5 rings (SSSR count). The molecule has 0 unspecified atom stereocenters. The molecular weight excluding hydrogens is 444 g/mol. The lowest BCUT2D eigenvalue weighted by Gasteiger charge is -2.34. The Hall–Kier alpha value is -3.29. The molecule has 2 heterocycles. The summed E-state index contributed by atoms with van der Waals surface area (Å²) in [6.07, 6.45) is 1.26. The summed E-state index contributed by atoms with van der Waals surface area (Å²) in [7, 11) is 0. The average Bonchev–Trinajstić information content (AvgIpc) is 2.83. The molecule has 1 amide bonds. The molecule has 32 heavy (non-hydrogen) atoms. The molecule has 0 radical (unpaired) electrons. The van der Waals surface area contributed by atoms with Crippen LogP contribution in [0.3, 0.4) is 0 Å². The van der Waals surface area contributed by atoms with Crippen molar-refractivity contribution in [2.24, 2.45) is 10.1 Å². The Morgan fingerprint density at radius 1 is 1.09 bits per heavy atom. The predicted molar refractivity (Wildman–Crippen MR) is 127 cm³/mol. The van der Waals surface area contributed by atoms with E-state index < -0.39 is 6.17 Å². The number of benzene rings is 3. The molecule has 0 aliphatic carbocycles. The lowest BCUT2D eigenvalue weighted by molar-refractivity contribution is -0.116. The van der Waals surface area contributed by atoms with Gasteiger partial charge in [-0.1, -0.05) is 71.9 Å². The van der Waals surface area contributed by atoms with Crippen molar-refractivity contribution in [3.63, 3.8) is 0 Å². The highest BCUT2D eigenvalue weighted by molar-refractivity contribution is 8.13. The number of nitrogens with zero attached hydrogens (tertiary/aromatic N) is 3. The van der Waals surface area contributed by atoms with Crippen LogP contribution in [-0.2, 0) is 11.4 Å². The van der Waals surface area contributed by atoms with E-state index >= 15 is 0 Å². The van der Waals surface area contributed by atoms with E-state index in [4.69, 9.17) is 21.3 Å². The first-order valence-electron chi connectivity index (χ1n) is 10.0. The van der Waals surface area contributed by atoms with Gasteiger partial charge >= 0.3 is 0 Å². The van der Waals surface area contributed by atoms with E-state index in [1.165, 1.54) is 11.8 Å². The maximum Gasteiger partial charge on any atom is 0.276 e. The summed E-state index contributed by atoms with van der Waals surface area (Å²) >= 11 is 7.73. The molecule has 1 N–H and O–H groups in total. The van der Waals surface area contributed by atoms with Crippen molar-refractivity contribution in [3.05, 3.63) is 99.5 Å². The van der Waals surface area contributed by atoms with Gasteiger partial charge in [-0.05, 0) is 36.1 Å².